The molecule has 3 N–H and O–H groups in total. The Kier molecular flexibility index (Phi) is 14.1. The zero-order chi connectivity index (χ0) is 25.1. The SMILES string of the molecule is CCCCC/C=C\C/C=C\CCCCCCCC(=O)OCCOCn1cnc2c(=O)[nH]c(N)nc21. The number of aromatic amines is 1. The van der Waals surface area contributed by atoms with Crippen LogP contribution < -0.4 is 11.3 Å². The molecule has 0 amide bonds. The summed E-state index contributed by atoms with van der Waals surface area (Å²) < 4.78 is 12.3. The molecule has 0 aliphatic rings. The number of nitrogens with two attached hydrogens (primary N) is 1. The molecular formula is C26H41N5O4. The quantitative estimate of drug-likeness (QED) is 0.162. The second-order valence-corrected chi connectivity index (χ2v) is 8.58. The van der Waals surface area contributed by atoms with Gasteiger partial charge in [-0.3, -0.25) is 19.1 Å². The lowest BCUT2D eigenvalue weighted by atomic mass is 10.1. The number of fused-ring (bicyclic) bond motifs is 1. The zero-order valence-electron chi connectivity index (χ0n) is 21.0. The molecule has 2 aromatic heterocycles. The van der Waals surface area contributed by atoms with Gasteiger partial charge in [0.25, 0.3) is 5.56 Å². The smallest absolute Gasteiger partial charge is 0.305 e. The van der Waals surface area contributed by atoms with Gasteiger partial charge in [0.05, 0.1) is 12.9 Å². The molecule has 0 saturated heterocycles. The Morgan fingerprint density at radius 2 is 1.74 bits per heavy atom. The summed E-state index contributed by atoms with van der Waals surface area (Å²) in [7, 11) is 0. The number of allylic oxidation sites excluding steroid dienone is 4. The van der Waals surface area contributed by atoms with Crippen LogP contribution in [0.2, 0.25) is 0 Å². The average molecular weight is 488 g/mol. The molecule has 0 aromatic carbocycles. The number of carbonyl (C=O) groups is 1. The van der Waals surface area contributed by atoms with Crippen LogP contribution in [0.25, 0.3) is 11.2 Å². The summed E-state index contributed by atoms with van der Waals surface area (Å²) in [6, 6.07) is 0. The van der Waals surface area contributed by atoms with Gasteiger partial charge >= 0.3 is 5.97 Å². The Bertz CT molecular complexity index is 980. The van der Waals surface area contributed by atoms with E-state index >= 15 is 0 Å². The Labute approximate surface area is 207 Å². The van der Waals surface area contributed by atoms with E-state index in [4.69, 9.17) is 15.2 Å². The van der Waals surface area contributed by atoms with E-state index in [0.717, 1.165) is 32.1 Å². The van der Waals surface area contributed by atoms with Crippen LogP contribution in [0.15, 0.2) is 35.4 Å². The molecule has 35 heavy (non-hydrogen) atoms. The third kappa shape index (κ3) is 11.8. The van der Waals surface area contributed by atoms with E-state index in [0.29, 0.717) is 12.1 Å². The second-order valence-electron chi connectivity index (χ2n) is 8.58. The Balaban J connectivity index is 1.41. The van der Waals surface area contributed by atoms with E-state index in [1.807, 2.05) is 0 Å². The number of nitrogen functional groups attached to an aromatic ring is 1. The molecule has 0 spiro atoms. The Morgan fingerprint density at radius 1 is 1.03 bits per heavy atom. The summed E-state index contributed by atoms with van der Waals surface area (Å²) in [5.74, 6) is -0.181. The predicted molar refractivity (Wildman–Crippen MR) is 139 cm³/mol. The van der Waals surface area contributed by atoms with Gasteiger partial charge in [0, 0.05) is 6.42 Å². The molecule has 0 aliphatic carbocycles. The lowest BCUT2D eigenvalue weighted by Gasteiger charge is -2.07. The van der Waals surface area contributed by atoms with Crippen molar-refractivity contribution in [3.63, 3.8) is 0 Å². The van der Waals surface area contributed by atoms with Crippen LogP contribution in [0, 0.1) is 0 Å². The largest absolute Gasteiger partial charge is 0.463 e. The number of hydrogen-bond donors (Lipinski definition) is 2. The number of esters is 1. The minimum Gasteiger partial charge on any atom is -0.463 e. The molecule has 2 aromatic rings. The number of ether oxygens (including phenoxy) is 2. The van der Waals surface area contributed by atoms with Crippen molar-refractivity contribution in [2.45, 2.75) is 90.7 Å². The van der Waals surface area contributed by atoms with Crippen LogP contribution in [-0.2, 0) is 21.0 Å². The van der Waals surface area contributed by atoms with Crippen molar-refractivity contribution in [2.75, 3.05) is 18.9 Å². The topological polar surface area (TPSA) is 125 Å². The van der Waals surface area contributed by atoms with Gasteiger partial charge in [-0.2, -0.15) is 4.98 Å². The number of unbranched alkanes of at least 4 members (excludes halogenated alkanes) is 8. The molecule has 0 saturated carbocycles. The van der Waals surface area contributed by atoms with E-state index < -0.39 is 5.56 Å². The first-order chi connectivity index (χ1) is 17.1. The van der Waals surface area contributed by atoms with Crippen molar-refractivity contribution in [1.29, 1.82) is 0 Å². The van der Waals surface area contributed by atoms with Gasteiger partial charge in [-0.1, -0.05) is 63.3 Å². The van der Waals surface area contributed by atoms with Crippen molar-refractivity contribution >= 4 is 23.1 Å². The van der Waals surface area contributed by atoms with Crippen LogP contribution in [-0.4, -0.2) is 38.7 Å². The first-order valence-corrected chi connectivity index (χ1v) is 12.9. The highest BCUT2D eigenvalue weighted by Crippen LogP contribution is 2.09. The fourth-order valence-electron chi connectivity index (χ4n) is 3.60. The average Bonchev–Trinajstić information content (AvgIpc) is 3.24. The van der Waals surface area contributed by atoms with Crippen molar-refractivity contribution in [3.05, 3.63) is 41.0 Å². The van der Waals surface area contributed by atoms with Gasteiger partial charge in [0.1, 0.15) is 13.3 Å². The maximum Gasteiger partial charge on any atom is 0.305 e. The monoisotopic (exact) mass is 487 g/mol. The Hall–Kier alpha value is -2.94. The lowest BCUT2D eigenvalue weighted by molar-refractivity contribution is -0.145. The number of rotatable bonds is 19. The number of nitrogens with zero attached hydrogens (tertiary/aromatic N) is 3. The standard InChI is InChI=1S/C26H41N5O4/c1-2-3-4-5-6-7-8-9-10-11-12-13-14-15-16-17-22(32)35-19-18-34-21-31-20-28-23-24(31)29-26(27)30-25(23)33/h6-7,9-10,20H,2-5,8,11-19,21H2,1H3,(H3,27,29,30,33)/b7-6-,10-9-. The van der Waals surface area contributed by atoms with E-state index in [1.165, 1.54) is 44.9 Å². The van der Waals surface area contributed by atoms with E-state index in [1.54, 1.807) is 4.57 Å². The molecule has 9 nitrogen and oxygen atoms in total. The van der Waals surface area contributed by atoms with Crippen molar-refractivity contribution in [1.82, 2.24) is 19.5 Å². The minimum atomic E-state index is -0.395. The highest BCUT2D eigenvalue weighted by atomic mass is 16.6. The van der Waals surface area contributed by atoms with Crippen molar-refractivity contribution < 1.29 is 14.3 Å². The first-order valence-electron chi connectivity index (χ1n) is 12.9. The number of carbonyl (C=O) groups excluding carboxylic acids is 1. The molecule has 0 aliphatic heterocycles. The predicted octanol–water partition coefficient (Wildman–Crippen LogP) is 5.03. The molecule has 194 valence electrons. The highest BCUT2D eigenvalue weighted by Gasteiger charge is 2.09. The maximum atomic E-state index is 11.8. The summed E-state index contributed by atoms with van der Waals surface area (Å²) in [6.45, 7) is 2.79. The van der Waals surface area contributed by atoms with Crippen molar-refractivity contribution in [2.24, 2.45) is 0 Å². The van der Waals surface area contributed by atoms with E-state index in [2.05, 4.69) is 46.2 Å². The van der Waals surface area contributed by atoms with Gasteiger partial charge in [0.2, 0.25) is 5.95 Å². The first kappa shape index (κ1) is 28.3. The van der Waals surface area contributed by atoms with Gasteiger partial charge in [-0.25, -0.2) is 4.98 Å². The summed E-state index contributed by atoms with van der Waals surface area (Å²) in [5, 5.41) is 0. The van der Waals surface area contributed by atoms with Crippen LogP contribution in [0.3, 0.4) is 0 Å². The van der Waals surface area contributed by atoms with Gasteiger partial charge in [0.15, 0.2) is 11.2 Å². The molecule has 2 rings (SSSR count). The molecule has 0 unspecified atom stereocenters. The summed E-state index contributed by atoms with van der Waals surface area (Å²) in [5.41, 5.74) is 5.72. The minimum absolute atomic E-state index is 0.0199. The summed E-state index contributed by atoms with van der Waals surface area (Å²) in [4.78, 5) is 34.1. The lowest BCUT2D eigenvalue weighted by Crippen LogP contribution is -2.14. The van der Waals surface area contributed by atoms with E-state index in [-0.39, 0.29) is 37.4 Å². The van der Waals surface area contributed by atoms with Crippen molar-refractivity contribution in [3.8, 4) is 0 Å². The van der Waals surface area contributed by atoms with Crippen LogP contribution in [0.1, 0.15) is 84.0 Å². The van der Waals surface area contributed by atoms with Gasteiger partial charge in [-0.05, 0) is 38.5 Å². The number of hydrogen-bond acceptors (Lipinski definition) is 7. The summed E-state index contributed by atoms with van der Waals surface area (Å²) in [6.07, 6.45) is 23.6. The highest BCUT2D eigenvalue weighted by molar-refractivity contribution is 5.70. The molecule has 0 radical (unpaired) electrons. The molecule has 9 heteroatoms. The zero-order valence-corrected chi connectivity index (χ0v) is 21.0. The molecule has 0 fully saturated rings. The summed E-state index contributed by atoms with van der Waals surface area (Å²) >= 11 is 0. The molecular weight excluding hydrogens is 446 g/mol. The van der Waals surface area contributed by atoms with Gasteiger partial charge < -0.3 is 15.2 Å². The second kappa shape index (κ2) is 17.5. The van der Waals surface area contributed by atoms with Crippen LogP contribution >= 0.6 is 0 Å². The van der Waals surface area contributed by atoms with Crippen LogP contribution in [0.5, 0.6) is 0 Å². The number of imidazole rings is 1. The number of nitrogens with one attached hydrogen (secondary N) is 1. The molecule has 0 atom stereocenters. The molecule has 0 bridgehead atoms. The number of aromatic nitrogens is 4. The third-order valence-corrected chi connectivity index (χ3v) is 5.55. The Morgan fingerprint density at radius 3 is 2.51 bits per heavy atom. The van der Waals surface area contributed by atoms with Crippen LogP contribution in [0.4, 0.5) is 5.95 Å². The maximum absolute atomic E-state index is 11.8. The van der Waals surface area contributed by atoms with Gasteiger partial charge in [-0.15, -0.1) is 0 Å². The van der Waals surface area contributed by atoms with E-state index in [9.17, 15) is 9.59 Å². The number of H-pyrrole nitrogens is 1. The number of anilines is 1. The third-order valence-electron chi connectivity index (χ3n) is 5.55. The molecule has 2 heterocycles. The fraction of sp³-hybridized carbons (Fsp3) is 0.615. The normalized spacial score (nSPS) is 11.8. The fourth-order valence-corrected chi connectivity index (χ4v) is 3.60.